The van der Waals surface area contributed by atoms with Crippen molar-refractivity contribution in [2.75, 3.05) is 6.54 Å². The van der Waals surface area contributed by atoms with Gasteiger partial charge in [0, 0.05) is 12.6 Å². The summed E-state index contributed by atoms with van der Waals surface area (Å²) < 4.78 is 0. The van der Waals surface area contributed by atoms with Crippen molar-refractivity contribution in [2.24, 2.45) is 5.84 Å². The molecule has 0 fully saturated rings. The van der Waals surface area contributed by atoms with Gasteiger partial charge in [-0.15, -0.1) is 0 Å². The number of benzene rings is 1. The highest BCUT2D eigenvalue weighted by atomic mass is 15.4. The molecule has 0 aliphatic carbocycles. The minimum Gasteiger partial charge on any atom is -0.269 e. The first-order valence-electron chi connectivity index (χ1n) is 5.36. The van der Waals surface area contributed by atoms with Gasteiger partial charge in [0.25, 0.3) is 0 Å². The predicted molar refractivity (Wildman–Crippen MR) is 66.1 cm³/mol. The van der Waals surface area contributed by atoms with E-state index in [2.05, 4.69) is 32.6 Å². The second-order valence-electron chi connectivity index (χ2n) is 4.05. The van der Waals surface area contributed by atoms with E-state index in [1.807, 2.05) is 23.2 Å². The molecule has 0 radical (unpaired) electrons. The maximum atomic E-state index is 5.84. The highest BCUT2D eigenvalue weighted by Crippen LogP contribution is 2.15. The maximum absolute atomic E-state index is 5.84. The summed E-state index contributed by atoms with van der Waals surface area (Å²) in [5, 5.41) is 1.84. The average Bonchev–Trinajstić information content (AvgIpc) is 2.26. The smallest absolute Gasteiger partial charge is 0.0184 e. The van der Waals surface area contributed by atoms with Crippen LogP contribution in [0.4, 0.5) is 0 Å². The van der Waals surface area contributed by atoms with Crippen molar-refractivity contribution >= 4 is 5.57 Å². The average molecular weight is 204 g/mol. The number of hydrazine groups is 1. The lowest BCUT2D eigenvalue weighted by molar-refractivity contribution is 0.234. The van der Waals surface area contributed by atoms with Crippen LogP contribution in [0, 0.1) is 0 Å². The minimum absolute atomic E-state index is 0.383. The third kappa shape index (κ3) is 3.86. The summed E-state index contributed by atoms with van der Waals surface area (Å²) in [5.74, 6) is 5.84. The van der Waals surface area contributed by atoms with Crippen LogP contribution >= 0.6 is 0 Å². The molecule has 0 saturated carbocycles. The van der Waals surface area contributed by atoms with Crippen LogP contribution in [0.1, 0.15) is 25.8 Å². The standard InChI is InChI=1S/C13H20N2/c1-11(2)15(14)10-9-12(3)13-7-5-4-6-8-13/h4-8,11H,3,9-10,14H2,1-2H3. The van der Waals surface area contributed by atoms with Gasteiger partial charge in [0.2, 0.25) is 0 Å². The molecular formula is C13H20N2. The summed E-state index contributed by atoms with van der Waals surface area (Å²) in [6.07, 6.45) is 0.915. The molecule has 1 rings (SSSR count). The fourth-order valence-corrected chi connectivity index (χ4v) is 1.34. The Morgan fingerprint density at radius 1 is 1.33 bits per heavy atom. The molecule has 2 nitrogen and oxygen atoms in total. The molecule has 0 aromatic heterocycles. The van der Waals surface area contributed by atoms with Crippen LogP contribution < -0.4 is 5.84 Å². The van der Waals surface area contributed by atoms with Crippen molar-refractivity contribution in [3.63, 3.8) is 0 Å². The van der Waals surface area contributed by atoms with Crippen LogP contribution in [-0.4, -0.2) is 17.6 Å². The van der Waals surface area contributed by atoms with E-state index in [1.54, 1.807) is 0 Å². The van der Waals surface area contributed by atoms with Gasteiger partial charge in [0.05, 0.1) is 0 Å². The van der Waals surface area contributed by atoms with Crippen molar-refractivity contribution in [1.82, 2.24) is 5.01 Å². The van der Waals surface area contributed by atoms with Crippen LogP contribution in [0.2, 0.25) is 0 Å². The Bertz CT molecular complexity index is 304. The van der Waals surface area contributed by atoms with Gasteiger partial charge in [-0.2, -0.15) is 0 Å². The molecule has 1 aromatic carbocycles. The first kappa shape index (κ1) is 12.0. The van der Waals surface area contributed by atoms with Crippen LogP contribution in [-0.2, 0) is 0 Å². The Hall–Kier alpha value is -1.12. The van der Waals surface area contributed by atoms with Gasteiger partial charge < -0.3 is 0 Å². The van der Waals surface area contributed by atoms with Crippen LogP contribution in [0.25, 0.3) is 5.57 Å². The Morgan fingerprint density at radius 2 is 1.93 bits per heavy atom. The molecule has 1 aromatic rings. The van der Waals surface area contributed by atoms with Crippen LogP contribution in [0.3, 0.4) is 0 Å². The molecule has 82 valence electrons. The summed E-state index contributed by atoms with van der Waals surface area (Å²) in [6.45, 7) is 9.10. The van der Waals surface area contributed by atoms with Gasteiger partial charge >= 0.3 is 0 Å². The molecular weight excluding hydrogens is 184 g/mol. The maximum Gasteiger partial charge on any atom is 0.0184 e. The quantitative estimate of drug-likeness (QED) is 0.590. The van der Waals surface area contributed by atoms with Gasteiger partial charge in [-0.3, -0.25) is 5.84 Å². The molecule has 2 heteroatoms. The molecule has 0 amide bonds. The molecule has 0 heterocycles. The van der Waals surface area contributed by atoms with E-state index >= 15 is 0 Å². The third-order valence-electron chi connectivity index (χ3n) is 2.52. The van der Waals surface area contributed by atoms with E-state index in [0.717, 1.165) is 18.5 Å². The van der Waals surface area contributed by atoms with Gasteiger partial charge in [-0.1, -0.05) is 36.9 Å². The largest absolute Gasteiger partial charge is 0.269 e. The van der Waals surface area contributed by atoms with E-state index in [0.29, 0.717) is 6.04 Å². The van der Waals surface area contributed by atoms with Crippen molar-refractivity contribution < 1.29 is 0 Å². The third-order valence-corrected chi connectivity index (χ3v) is 2.52. The molecule has 0 aliphatic rings. The molecule has 2 N–H and O–H groups in total. The lowest BCUT2D eigenvalue weighted by Gasteiger charge is -2.20. The molecule has 0 saturated heterocycles. The van der Waals surface area contributed by atoms with Gasteiger partial charge in [-0.25, -0.2) is 5.01 Å². The molecule has 0 aliphatic heterocycles. The summed E-state index contributed by atoms with van der Waals surface area (Å²) in [6, 6.07) is 10.6. The Morgan fingerprint density at radius 3 is 2.47 bits per heavy atom. The fraction of sp³-hybridized carbons (Fsp3) is 0.385. The number of nitrogens with two attached hydrogens (primary N) is 1. The molecule has 0 unspecified atom stereocenters. The van der Waals surface area contributed by atoms with Crippen LogP contribution in [0.5, 0.6) is 0 Å². The van der Waals surface area contributed by atoms with Gasteiger partial charge in [0.1, 0.15) is 0 Å². The lowest BCUT2D eigenvalue weighted by atomic mass is 10.0. The fourth-order valence-electron chi connectivity index (χ4n) is 1.34. The van der Waals surface area contributed by atoms with Crippen molar-refractivity contribution in [3.8, 4) is 0 Å². The molecule has 0 bridgehead atoms. The first-order valence-corrected chi connectivity index (χ1v) is 5.36. The Labute approximate surface area is 92.4 Å². The number of rotatable bonds is 5. The van der Waals surface area contributed by atoms with Crippen molar-refractivity contribution in [1.29, 1.82) is 0 Å². The molecule has 0 spiro atoms. The zero-order valence-electron chi connectivity index (χ0n) is 9.61. The normalized spacial score (nSPS) is 11.0. The zero-order chi connectivity index (χ0) is 11.3. The van der Waals surface area contributed by atoms with E-state index in [9.17, 15) is 0 Å². The van der Waals surface area contributed by atoms with E-state index in [4.69, 9.17) is 5.84 Å². The van der Waals surface area contributed by atoms with E-state index in [1.165, 1.54) is 5.56 Å². The van der Waals surface area contributed by atoms with Crippen LogP contribution in [0.15, 0.2) is 36.9 Å². The Balaban J connectivity index is 2.44. The van der Waals surface area contributed by atoms with Gasteiger partial charge in [-0.05, 0) is 31.4 Å². The predicted octanol–water partition coefficient (Wildman–Crippen LogP) is 2.67. The van der Waals surface area contributed by atoms with E-state index < -0.39 is 0 Å². The number of hydrogen-bond acceptors (Lipinski definition) is 2. The highest BCUT2D eigenvalue weighted by molar-refractivity contribution is 5.63. The van der Waals surface area contributed by atoms with Crippen molar-refractivity contribution in [2.45, 2.75) is 26.3 Å². The number of hydrogen-bond donors (Lipinski definition) is 1. The second kappa shape index (κ2) is 5.69. The van der Waals surface area contributed by atoms with E-state index in [-0.39, 0.29) is 0 Å². The number of nitrogens with zero attached hydrogens (tertiary/aromatic N) is 1. The Kier molecular flexibility index (Phi) is 4.53. The lowest BCUT2D eigenvalue weighted by Crippen LogP contribution is -2.38. The monoisotopic (exact) mass is 204 g/mol. The van der Waals surface area contributed by atoms with Crippen molar-refractivity contribution in [3.05, 3.63) is 42.5 Å². The minimum atomic E-state index is 0.383. The topological polar surface area (TPSA) is 29.3 Å². The second-order valence-corrected chi connectivity index (χ2v) is 4.05. The van der Waals surface area contributed by atoms with Gasteiger partial charge in [0.15, 0.2) is 0 Å². The highest BCUT2D eigenvalue weighted by Gasteiger charge is 2.05. The first-order chi connectivity index (χ1) is 7.11. The summed E-state index contributed by atoms with van der Waals surface area (Å²) in [4.78, 5) is 0. The molecule has 15 heavy (non-hydrogen) atoms. The summed E-state index contributed by atoms with van der Waals surface area (Å²) in [5.41, 5.74) is 2.35. The summed E-state index contributed by atoms with van der Waals surface area (Å²) in [7, 11) is 0. The summed E-state index contributed by atoms with van der Waals surface area (Å²) >= 11 is 0. The SMILES string of the molecule is C=C(CCN(N)C(C)C)c1ccccc1. The zero-order valence-corrected chi connectivity index (χ0v) is 9.61. The molecule has 0 atom stereocenters.